The standard InChI is InChI=1S/C27H25N2OS.HI/c1-2-28-23(14-12-21-10-6-7-11-24(21)28)19-27-29(16-17-30)25-18-22(13-15-26(25)31-27)20-8-4-3-5-9-20;/h3-15,18-19,30H,2,16-17H2,1H3;1H/q+1;/p-1. The molecule has 0 spiro atoms. The number of β-amino-alcohol motifs (C(OH)–C–C–N with tert-alkyl or cyclic N) is 1. The smallest absolute Gasteiger partial charge is 0.212 e. The van der Waals surface area contributed by atoms with Gasteiger partial charge in [0.25, 0.3) is 0 Å². The van der Waals surface area contributed by atoms with Crippen molar-refractivity contribution >= 4 is 34.4 Å². The van der Waals surface area contributed by atoms with E-state index in [9.17, 15) is 5.11 Å². The molecule has 3 nitrogen and oxygen atoms in total. The third kappa shape index (κ3) is 4.29. The largest absolute Gasteiger partial charge is 1.00 e. The van der Waals surface area contributed by atoms with E-state index in [1.807, 2.05) is 6.07 Å². The van der Waals surface area contributed by atoms with Crippen molar-refractivity contribution < 1.29 is 33.7 Å². The van der Waals surface area contributed by atoms with Crippen molar-refractivity contribution in [3.8, 4) is 11.1 Å². The topological polar surface area (TPSA) is 27.4 Å². The Morgan fingerprint density at radius 3 is 2.47 bits per heavy atom. The van der Waals surface area contributed by atoms with Gasteiger partial charge in [-0.15, -0.1) is 0 Å². The molecular formula is C27H25IN2OS. The highest BCUT2D eigenvalue weighted by Crippen LogP contribution is 2.47. The van der Waals surface area contributed by atoms with Crippen molar-refractivity contribution in [2.45, 2.75) is 18.4 Å². The van der Waals surface area contributed by atoms with Gasteiger partial charge in [-0.3, -0.25) is 0 Å². The quantitative estimate of drug-likeness (QED) is 0.305. The van der Waals surface area contributed by atoms with E-state index in [-0.39, 0.29) is 30.6 Å². The Kier molecular flexibility index (Phi) is 7.18. The Morgan fingerprint density at radius 1 is 0.906 bits per heavy atom. The minimum atomic E-state index is 0. The molecule has 0 aliphatic carbocycles. The van der Waals surface area contributed by atoms with E-state index < -0.39 is 0 Å². The van der Waals surface area contributed by atoms with Gasteiger partial charge in [0.1, 0.15) is 6.54 Å². The number of thioether (sulfide) groups is 1. The number of para-hydroxylation sites is 1. The Bertz CT molecular complexity index is 1270. The van der Waals surface area contributed by atoms with Gasteiger partial charge in [0.05, 0.1) is 17.3 Å². The number of anilines is 1. The van der Waals surface area contributed by atoms with Crippen molar-refractivity contribution in [3.63, 3.8) is 0 Å². The minimum Gasteiger partial charge on any atom is -1.00 e. The van der Waals surface area contributed by atoms with E-state index in [0.29, 0.717) is 6.54 Å². The van der Waals surface area contributed by atoms with Crippen LogP contribution in [0.25, 0.3) is 28.1 Å². The molecule has 0 saturated carbocycles. The molecule has 162 valence electrons. The van der Waals surface area contributed by atoms with Crippen LogP contribution in [0, 0.1) is 0 Å². The van der Waals surface area contributed by atoms with Crippen LogP contribution in [0.2, 0.25) is 0 Å². The summed E-state index contributed by atoms with van der Waals surface area (Å²) in [5.74, 6) is 0. The van der Waals surface area contributed by atoms with Crippen molar-refractivity contribution in [1.82, 2.24) is 0 Å². The first-order chi connectivity index (χ1) is 15.3. The summed E-state index contributed by atoms with van der Waals surface area (Å²) in [6.45, 7) is 3.76. The molecule has 3 aromatic carbocycles. The van der Waals surface area contributed by atoms with Crippen LogP contribution in [0.15, 0.2) is 94.9 Å². The first-order valence-electron chi connectivity index (χ1n) is 10.7. The lowest BCUT2D eigenvalue weighted by Gasteiger charge is -2.19. The number of rotatable bonds is 5. The highest BCUT2D eigenvalue weighted by Gasteiger charge is 2.26. The molecule has 0 fully saturated rings. The molecular weight excluding hydrogens is 527 g/mol. The van der Waals surface area contributed by atoms with Gasteiger partial charge in [0, 0.05) is 35.0 Å². The highest BCUT2D eigenvalue weighted by atomic mass is 127. The van der Waals surface area contributed by atoms with Crippen molar-refractivity contribution in [2.24, 2.45) is 0 Å². The summed E-state index contributed by atoms with van der Waals surface area (Å²) < 4.78 is 2.35. The molecule has 4 aromatic rings. The molecule has 5 heteroatoms. The SMILES string of the molecule is CC[n+]1c(C=C2Sc3ccc(-c4ccccc4)cc3N2CCO)ccc2ccccc21.[I-]. The molecule has 1 aliphatic rings. The third-order valence-corrected chi connectivity index (χ3v) is 6.83. The normalized spacial score (nSPS) is 13.9. The second kappa shape index (κ2) is 10.1. The maximum Gasteiger partial charge on any atom is 0.212 e. The second-order valence-electron chi connectivity index (χ2n) is 7.57. The van der Waals surface area contributed by atoms with Gasteiger partial charge in [-0.25, -0.2) is 0 Å². The van der Waals surface area contributed by atoms with E-state index in [1.54, 1.807) is 11.8 Å². The lowest BCUT2D eigenvalue weighted by atomic mass is 10.0. The zero-order valence-electron chi connectivity index (χ0n) is 17.9. The van der Waals surface area contributed by atoms with E-state index in [0.717, 1.165) is 17.3 Å². The van der Waals surface area contributed by atoms with Crippen molar-refractivity contribution in [3.05, 3.63) is 95.7 Å². The van der Waals surface area contributed by atoms with Crippen LogP contribution in [0.1, 0.15) is 12.6 Å². The van der Waals surface area contributed by atoms with Crippen LogP contribution in [0.5, 0.6) is 0 Å². The highest BCUT2D eigenvalue weighted by molar-refractivity contribution is 8.03. The summed E-state index contributed by atoms with van der Waals surface area (Å²) in [6.07, 6.45) is 2.25. The monoisotopic (exact) mass is 552 g/mol. The Labute approximate surface area is 210 Å². The molecule has 0 radical (unpaired) electrons. The van der Waals surface area contributed by atoms with Gasteiger partial charge in [-0.2, -0.15) is 4.57 Å². The van der Waals surface area contributed by atoms with Crippen LogP contribution in [0.4, 0.5) is 5.69 Å². The lowest BCUT2D eigenvalue weighted by Crippen LogP contribution is -3.00. The first-order valence-corrected chi connectivity index (χ1v) is 11.5. The molecule has 0 amide bonds. The second-order valence-corrected chi connectivity index (χ2v) is 8.63. The van der Waals surface area contributed by atoms with Gasteiger partial charge < -0.3 is 34.0 Å². The fourth-order valence-corrected chi connectivity index (χ4v) is 5.35. The molecule has 0 bridgehead atoms. The molecule has 5 rings (SSSR count). The van der Waals surface area contributed by atoms with Crippen LogP contribution < -0.4 is 33.4 Å². The number of aliphatic hydroxyl groups is 1. The average Bonchev–Trinajstić information content (AvgIpc) is 3.16. The minimum absolute atomic E-state index is 0. The number of nitrogens with zero attached hydrogens (tertiary/aromatic N) is 2. The maximum atomic E-state index is 9.78. The van der Waals surface area contributed by atoms with Crippen LogP contribution >= 0.6 is 11.8 Å². The molecule has 0 saturated heterocycles. The van der Waals surface area contributed by atoms with Crippen LogP contribution in [-0.4, -0.2) is 18.3 Å². The predicted molar refractivity (Wildman–Crippen MR) is 130 cm³/mol. The number of aryl methyl sites for hydroxylation is 1. The average molecular weight is 552 g/mol. The predicted octanol–water partition coefficient (Wildman–Crippen LogP) is 2.72. The fourth-order valence-electron chi connectivity index (χ4n) is 4.23. The number of halogens is 1. The maximum absolute atomic E-state index is 9.78. The zero-order valence-corrected chi connectivity index (χ0v) is 20.9. The fraction of sp³-hybridized carbons (Fsp3) is 0.148. The number of benzene rings is 3. The Hall–Kier alpha value is -2.35. The number of hydrogen-bond donors (Lipinski definition) is 1. The third-order valence-electron chi connectivity index (χ3n) is 5.72. The summed E-state index contributed by atoms with van der Waals surface area (Å²) in [5.41, 5.74) is 5.96. The van der Waals surface area contributed by atoms with E-state index in [4.69, 9.17) is 0 Å². The number of pyridine rings is 1. The molecule has 2 heterocycles. The number of aliphatic hydroxyl groups excluding tert-OH is 1. The van der Waals surface area contributed by atoms with Gasteiger partial charge in [0.2, 0.25) is 11.2 Å². The van der Waals surface area contributed by atoms with Gasteiger partial charge in [-0.1, -0.05) is 60.3 Å². The van der Waals surface area contributed by atoms with Gasteiger partial charge in [-0.05, 0) is 42.3 Å². The van der Waals surface area contributed by atoms with E-state index in [2.05, 4.69) is 101 Å². The summed E-state index contributed by atoms with van der Waals surface area (Å²) in [7, 11) is 0. The molecule has 1 aromatic heterocycles. The molecule has 1 N–H and O–H groups in total. The van der Waals surface area contributed by atoms with Crippen molar-refractivity contribution in [1.29, 1.82) is 0 Å². The first kappa shape index (κ1) is 22.8. The van der Waals surface area contributed by atoms with E-state index >= 15 is 0 Å². The summed E-state index contributed by atoms with van der Waals surface area (Å²) in [6, 6.07) is 29.9. The Morgan fingerprint density at radius 2 is 1.69 bits per heavy atom. The molecule has 0 atom stereocenters. The number of aromatic nitrogens is 1. The Balaban J connectivity index is 0.00000245. The van der Waals surface area contributed by atoms with Crippen LogP contribution in [-0.2, 0) is 6.54 Å². The summed E-state index contributed by atoms with van der Waals surface area (Å²) >= 11 is 1.77. The summed E-state index contributed by atoms with van der Waals surface area (Å²) in [4.78, 5) is 3.46. The lowest BCUT2D eigenvalue weighted by molar-refractivity contribution is -0.669. The van der Waals surface area contributed by atoms with E-state index in [1.165, 1.54) is 32.6 Å². The van der Waals surface area contributed by atoms with Crippen LogP contribution in [0.3, 0.4) is 0 Å². The summed E-state index contributed by atoms with van der Waals surface area (Å²) in [5, 5.41) is 12.2. The van der Waals surface area contributed by atoms with Crippen molar-refractivity contribution in [2.75, 3.05) is 18.1 Å². The number of fused-ring (bicyclic) bond motifs is 2. The zero-order chi connectivity index (χ0) is 21.2. The molecule has 32 heavy (non-hydrogen) atoms. The number of hydrogen-bond acceptors (Lipinski definition) is 3. The molecule has 1 aliphatic heterocycles. The van der Waals surface area contributed by atoms with Gasteiger partial charge in [0.15, 0.2) is 0 Å². The molecule has 0 unspecified atom stereocenters. The van der Waals surface area contributed by atoms with Gasteiger partial charge >= 0.3 is 0 Å².